The van der Waals surface area contributed by atoms with Gasteiger partial charge in [-0.1, -0.05) is 12.1 Å². The first-order valence-electron chi connectivity index (χ1n) is 10.9. The van der Waals surface area contributed by atoms with Gasteiger partial charge in [-0.25, -0.2) is 4.99 Å². The van der Waals surface area contributed by atoms with Crippen molar-refractivity contribution in [3.05, 3.63) is 35.4 Å². The maximum Gasteiger partial charge on any atom is 0.416 e. The van der Waals surface area contributed by atoms with E-state index in [1.807, 2.05) is 6.92 Å². The molecule has 2 aliphatic rings. The first-order valence-corrected chi connectivity index (χ1v) is 10.9. The SMILES string of the molecule is CCNC(=NCc1ccc(C(F)(F)F)cc1)N1CCC(OCC2CCCCO2)CC1.I. The smallest absolute Gasteiger partial charge is 0.376 e. The highest BCUT2D eigenvalue weighted by Crippen LogP contribution is 2.29. The minimum atomic E-state index is -4.31. The van der Waals surface area contributed by atoms with Crippen molar-refractivity contribution in [2.24, 2.45) is 4.99 Å². The predicted molar refractivity (Wildman–Crippen MR) is 126 cm³/mol. The average Bonchev–Trinajstić information content (AvgIpc) is 2.76. The fourth-order valence-corrected chi connectivity index (χ4v) is 3.81. The van der Waals surface area contributed by atoms with Gasteiger partial charge in [0.1, 0.15) is 0 Å². The Morgan fingerprint density at radius 2 is 1.87 bits per heavy atom. The number of nitrogens with one attached hydrogen (secondary N) is 1. The summed E-state index contributed by atoms with van der Waals surface area (Å²) in [5.41, 5.74) is 0.118. The van der Waals surface area contributed by atoms with Crippen LogP contribution in [-0.4, -0.2) is 55.9 Å². The molecule has 0 aromatic heterocycles. The number of hydrogen-bond donors (Lipinski definition) is 1. The van der Waals surface area contributed by atoms with Crippen LogP contribution in [0.15, 0.2) is 29.3 Å². The molecule has 1 atom stereocenters. The Balaban J connectivity index is 0.00000341. The third-order valence-electron chi connectivity index (χ3n) is 5.56. The van der Waals surface area contributed by atoms with Crippen LogP contribution < -0.4 is 5.32 Å². The van der Waals surface area contributed by atoms with Gasteiger partial charge in [-0.15, -0.1) is 24.0 Å². The zero-order valence-corrected chi connectivity index (χ0v) is 20.3. The van der Waals surface area contributed by atoms with Gasteiger partial charge < -0.3 is 19.7 Å². The minimum Gasteiger partial charge on any atom is -0.376 e. The van der Waals surface area contributed by atoms with Crippen molar-refractivity contribution in [2.75, 3.05) is 32.8 Å². The Morgan fingerprint density at radius 3 is 2.45 bits per heavy atom. The summed E-state index contributed by atoms with van der Waals surface area (Å²) in [6, 6.07) is 5.19. The van der Waals surface area contributed by atoms with Gasteiger partial charge in [0.15, 0.2) is 5.96 Å². The summed E-state index contributed by atoms with van der Waals surface area (Å²) in [5.74, 6) is 0.798. The van der Waals surface area contributed by atoms with Gasteiger partial charge in [-0.3, -0.25) is 0 Å². The third kappa shape index (κ3) is 8.42. The number of ether oxygens (including phenoxy) is 2. The molecule has 0 saturated carbocycles. The van der Waals surface area contributed by atoms with Crippen LogP contribution >= 0.6 is 24.0 Å². The van der Waals surface area contributed by atoms with Crippen LogP contribution in [0.2, 0.25) is 0 Å². The topological polar surface area (TPSA) is 46.1 Å². The van der Waals surface area contributed by atoms with E-state index in [0.717, 1.165) is 75.6 Å². The number of benzene rings is 1. The molecule has 2 saturated heterocycles. The van der Waals surface area contributed by atoms with Crippen LogP contribution in [0.1, 0.15) is 50.2 Å². The normalized spacial score (nSPS) is 21.0. The highest BCUT2D eigenvalue weighted by atomic mass is 127. The molecule has 2 aliphatic heterocycles. The molecule has 1 N–H and O–H groups in total. The number of guanidine groups is 1. The summed E-state index contributed by atoms with van der Waals surface area (Å²) < 4.78 is 49.9. The lowest BCUT2D eigenvalue weighted by atomic mass is 10.1. The van der Waals surface area contributed by atoms with Crippen LogP contribution in [0.4, 0.5) is 13.2 Å². The molecule has 2 heterocycles. The molecule has 176 valence electrons. The predicted octanol–water partition coefficient (Wildman–Crippen LogP) is 4.84. The average molecular weight is 555 g/mol. The Hall–Kier alpha value is -1.07. The summed E-state index contributed by atoms with van der Waals surface area (Å²) in [7, 11) is 0. The Bertz CT molecular complexity index is 672. The van der Waals surface area contributed by atoms with E-state index in [0.29, 0.717) is 13.2 Å². The second-order valence-corrected chi connectivity index (χ2v) is 7.87. The molecule has 9 heteroatoms. The number of alkyl halides is 3. The maximum absolute atomic E-state index is 12.7. The number of hydrogen-bond acceptors (Lipinski definition) is 3. The fraction of sp³-hybridized carbons (Fsp3) is 0.682. The first kappa shape index (κ1) is 26.2. The van der Waals surface area contributed by atoms with Gasteiger partial charge >= 0.3 is 6.18 Å². The number of aliphatic imine (C=N–C) groups is 1. The van der Waals surface area contributed by atoms with Crippen molar-refractivity contribution < 1.29 is 22.6 Å². The molecule has 0 spiro atoms. The molecule has 0 radical (unpaired) electrons. The van der Waals surface area contributed by atoms with Gasteiger partial charge in [0, 0.05) is 26.2 Å². The van der Waals surface area contributed by atoms with Gasteiger partial charge in [0.05, 0.1) is 30.9 Å². The lowest BCUT2D eigenvalue weighted by molar-refractivity contribution is -0.137. The second-order valence-electron chi connectivity index (χ2n) is 7.87. The molecule has 0 aliphatic carbocycles. The van der Waals surface area contributed by atoms with Gasteiger partial charge in [-0.05, 0) is 56.7 Å². The van der Waals surface area contributed by atoms with Crippen LogP contribution in [-0.2, 0) is 22.2 Å². The number of likely N-dealkylation sites (tertiary alicyclic amines) is 1. The Kier molecular flexibility index (Phi) is 10.8. The molecule has 3 rings (SSSR count). The number of nitrogens with zero attached hydrogens (tertiary/aromatic N) is 2. The molecule has 5 nitrogen and oxygen atoms in total. The summed E-state index contributed by atoms with van der Waals surface area (Å²) in [6.07, 6.45) is 1.46. The van der Waals surface area contributed by atoms with E-state index >= 15 is 0 Å². The van der Waals surface area contributed by atoms with Gasteiger partial charge in [0.2, 0.25) is 0 Å². The van der Waals surface area contributed by atoms with E-state index in [-0.39, 0.29) is 36.2 Å². The lowest BCUT2D eigenvalue weighted by Gasteiger charge is -2.35. The molecule has 0 amide bonds. The Labute approximate surface area is 199 Å². The van der Waals surface area contributed by atoms with E-state index in [9.17, 15) is 13.2 Å². The monoisotopic (exact) mass is 555 g/mol. The van der Waals surface area contributed by atoms with Crippen molar-refractivity contribution in [1.29, 1.82) is 0 Å². The van der Waals surface area contributed by atoms with E-state index in [2.05, 4.69) is 15.2 Å². The summed E-state index contributed by atoms with van der Waals surface area (Å²) in [5, 5.41) is 3.29. The van der Waals surface area contributed by atoms with Crippen LogP contribution in [0.5, 0.6) is 0 Å². The van der Waals surface area contributed by atoms with Crippen LogP contribution in [0.25, 0.3) is 0 Å². The molecular formula is C22H33F3IN3O2. The highest BCUT2D eigenvalue weighted by Gasteiger charge is 2.30. The first-order chi connectivity index (χ1) is 14.5. The fourth-order valence-electron chi connectivity index (χ4n) is 3.81. The Morgan fingerprint density at radius 1 is 1.16 bits per heavy atom. The molecule has 1 aromatic rings. The highest BCUT2D eigenvalue weighted by molar-refractivity contribution is 14.0. The third-order valence-corrected chi connectivity index (χ3v) is 5.56. The number of piperidine rings is 1. The zero-order chi connectivity index (χ0) is 21.4. The number of halogens is 4. The van der Waals surface area contributed by atoms with E-state index in [1.54, 1.807) is 0 Å². The largest absolute Gasteiger partial charge is 0.416 e. The summed E-state index contributed by atoms with van der Waals surface area (Å²) in [6.45, 7) is 6.29. The lowest BCUT2D eigenvalue weighted by Crippen LogP contribution is -2.47. The number of rotatable bonds is 6. The van der Waals surface area contributed by atoms with E-state index in [4.69, 9.17) is 9.47 Å². The molecule has 0 bridgehead atoms. The molecular weight excluding hydrogens is 522 g/mol. The van der Waals surface area contributed by atoms with E-state index < -0.39 is 11.7 Å². The standard InChI is InChI=1S/C22H32F3N3O2.HI/c1-2-26-21(27-15-17-6-8-18(9-7-17)22(23,24)25)28-12-10-19(11-13-28)30-16-20-5-3-4-14-29-20;/h6-9,19-20H,2-5,10-16H2,1H3,(H,26,27);1H. The van der Waals surface area contributed by atoms with Crippen molar-refractivity contribution in [3.8, 4) is 0 Å². The summed E-state index contributed by atoms with van der Waals surface area (Å²) in [4.78, 5) is 6.83. The molecule has 31 heavy (non-hydrogen) atoms. The molecule has 1 aromatic carbocycles. The second kappa shape index (κ2) is 12.8. The van der Waals surface area contributed by atoms with Crippen molar-refractivity contribution in [1.82, 2.24) is 10.2 Å². The zero-order valence-electron chi connectivity index (χ0n) is 18.0. The van der Waals surface area contributed by atoms with Crippen molar-refractivity contribution in [3.63, 3.8) is 0 Å². The van der Waals surface area contributed by atoms with Gasteiger partial charge in [0.25, 0.3) is 0 Å². The quantitative estimate of drug-likeness (QED) is 0.310. The van der Waals surface area contributed by atoms with Crippen molar-refractivity contribution >= 4 is 29.9 Å². The van der Waals surface area contributed by atoms with Gasteiger partial charge in [-0.2, -0.15) is 13.2 Å². The van der Waals surface area contributed by atoms with Crippen LogP contribution in [0.3, 0.4) is 0 Å². The van der Waals surface area contributed by atoms with E-state index in [1.165, 1.54) is 18.6 Å². The van der Waals surface area contributed by atoms with Crippen LogP contribution in [0, 0.1) is 0 Å². The maximum atomic E-state index is 12.7. The summed E-state index contributed by atoms with van der Waals surface area (Å²) >= 11 is 0. The van der Waals surface area contributed by atoms with Crippen molar-refractivity contribution in [2.45, 2.75) is 64.0 Å². The minimum absolute atomic E-state index is 0. The molecule has 1 unspecified atom stereocenters. The molecule has 2 fully saturated rings.